The van der Waals surface area contributed by atoms with Crippen molar-refractivity contribution in [2.24, 2.45) is 5.92 Å². The number of carbonyl (C=O) groups is 1. The molecule has 1 aromatic carbocycles. The van der Waals surface area contributed by atoms with Crippen LogP contribution in [0.2, 0.25) is 0 Å². The van der Waals surface area contributed by atoms with Gasteiger partial charge in [0.25, 0.3) is 5.91 Å². The molecule has 0 saturated carbocycles. The average Bonchev–Trinajstić information content (AvgIpc) is 2.37. The van der Waals surface area contributed by atoms with Gasteiger partial charge in [-0.25, -0.2) is 4.39 Å². The van der Waals surface area contributed by atoms with Crippen LogP contribution in [-0.2, 0) is 4.79 Å². The van der Waals surface area contributed by atoms with E-state index in [0.717, 1.165) is 12.8 Å². The van der Waals surface area contributed by atoms with Gasteiger partial charge < -0.3 is 10.1 Å². The molecule has 100 valence electrons. The predicted molar refractivity (Wildman–Crippen MR) is 69.0 cm³/mol. The highest BCUT2D eigenvalue weighted by Crippen LogP contribution is 2.11. The number of ether oxygens (including phenoxy) is 1. The topological polar surface area (TPSA) is 38.3 Å². The lowest BCUT2D eigenvalue weighted by Gasteiger charge is -2.13. The van der Waals surface area contributed by atoms with Crippen LogP contribution >= 0.6 is 0 Å². The van der Waals surface area contributed by atoms with Crippen molar-refractivity contribution in [2.75, 3.05) is 13.2 Å². The Morgan fingerprint density at radius 3 is 2.72 bits per heavy atom. The van der Waals surface area contributed by atoms with Crippen LogP contribution in [0.1, 0.15) is 26.7 Å². The molecule has 3 nitrogen and oxygen atoms in total. The van der Waals surface area contributed by atoms with Gasteiger partial charge in [-0.2, -0.15) is 0 Å². The highest BCUT2D eigenvalue weighted by molar-refractivity contribution is 5.77. The quantitative estimate of drug-likeness (QED) is 0.811. The van der Waals surface area contributed by atoms with Crippen molar-refractivity contribution >= 4 is 5.91 Å². The Kier molecular flexibility index (Phi) is 6.19. The molecule has 0 bridgehead atoms. The summed E-state index contributed by atoms with van der Waals surface area (Å²) in [6, 6.07) is 5.76. The van der Waals surface area contributed by atoms with E-state index < -0.39 is 0 Å². The fourth-order valence-corrected chi connectivity index (χ4v) is 1.59. The molecule has 1 N–H and O–H groups in total. The zero-order valence-electron chi connectivity index (χ0n) is 10.9. The third-order valence-electron chi connectivity index (χ3n) is 2.91. The summed E-state index contributed by atoms with van der Waals surface area (Å²) in [5.41, 5.74) is 0. The van der Waals surface area contributed by atoms with E-state index in [2.05, 4.69) is 19.2 Å². The smallest absolute Gasteiger partial charge is 0.257 e. The second-order valence-corrected chi connectivity index (χ2v) is 4.23. The van der Waals surface area contributed by atoms with Gasteiger partial charge in [0, 0.05) is 12.6 Å². The standard InChI is InChI=1S/C14H20FNO2/c1-3-11(4-2)9-16-14(17)10-18-13-7-5-6-12(15)8-13/h5-8,11H,3-4,9-10H2,1-2H3,(H,16,17). The zero-order chi connectivity index (χ0) is 13.4. The first-order chi connectivity index (χ1) is 8.65. The predicted octanol–water partition coefficient (Wildman–Crippen LogP) is 2.76. The number of benzene rings is 1. The summed E-state index contributed by atoms with van der Waals surface area (Å²) in [4.78, 5) is 11.5. The lowest BCUT2D eigenvalue weighted by atomic mass is 10.0. The molecule has 1 aromatic rings. The summed E-state index contributed by atoms with van der Waals surface area (Å²) in [5, 5.41) is 2.81. The molecule has 4 heteroatoms. The van der Waals surface area contributed by atoms with Gasteiger partial charge in [0.2, 0.25) is 0 Å². The number of rotatable bonds is 7. The third kappa shape index (κ3) is 5.17. The number of hydrogen-bond acceptors (Lipinski definition) is 2. The second-order valence-electron chi connectivity index (χ2n) is 4.23. The van der Waals surface area contributed by atoms with E-state index in [4.69, 9.17) is 4.74 Å². The SMILES string of the molecule is CCC(CC)CNC(=O)COc1cccc(F)c1. The summed E-state index contributed by atoms with van der Waals surface area (Å²) >= 11 is 0. The lowest BCUT2D eigenvalue weighted by Crippen LogP contribution is -2.32. The molecule has 0 fully saturated rings. The van der Waals surface area contributed by atoms with Gasteiger partial charge in [-0.1, -0.05) is 32.8 Å². The molecular weight excluding hydrogens is 233 g/mol. The van der Waals surface area contributed by atoms with Crippen molar-refractivity contribution in [1.82, 2.24) is 5.32 Å². The van der Waals surface area contributed by atoms with Gasteiger partial charge in [0.05, 0.1) is 0 Å². The van der Waals surface area contributed by atoms with Crippen LogP contribution in [0.5, 0.6) is 5.75 Å². The number of amides is 1. The Morgan fingerprint density at radius 1 is 1.39 bits per heavy atom. The summed E-state index contributed by atoms with van der Waals surface area (Å²) < 4.78 is 18.1. The summed E-state index contributed by atoms with van der Waals surface area (Å²) in [6.07, 6.45) is 2.09. The Bertz CT molecular complexity index is 378. The van der Waals surface area contributed by atoms with Crippen LogP contribution in [-0.4, -0.2) is 19.1 Å². The molecule has 0 atom stereocenters. The van der Waals surface area contributed by atoms with Crippen molar-refractivity contribution in [2.45, 2.75) is 26.7 Å². The minimum absolute atomic E-state index is 0.0798. The maximum atomic E-state index is 12.9. The molecule has 18 heavy (non-hydrogen) atoms. The van der Waals surface area contributed by atoms with E-state index in [-0.39, 0.29) is 18.3 Å². The highest BCUT2D eigenvalue weighted by Gasteiger charge is 2.07. The molecule has 0 aliphatic carbocycles. The van der Waals surface area contributed by atoms with Gasteiger partial charge in [-0.05, 0) is 18.1 Å². The number of nitrogens with one attached hydrogen (secondary N) is 1. The molecule has 0 heterocycles. The Balaban J connectivity index is 2.29. The average molecular weight is 253 g/mol. The summed E-state index contributed by atoms with van der Waals surface area (Å²) in [7, 11) is 0. The minimum Gasteiger partial charge on any atom is -0.484 e. The van der Waals surface area contributed by atoms with Gasteiger partial charge in [0.15, 0.2) is 6.61 Å². The number of halogens is 1. The van der Waals surface area contributed by atoms with E-state index in [1.54, 1.807) is 12.1 Å². The molecule has 0 spiro atoms. The second kappa shape index (κ2) is 7.69. The van der Waals surface area contributed by atoms with Crippen molar-refractivity contribution < 1.29 is 13.9 Å². The van der Waals surface area contributed by atoms with Crippen LogP contribution in [0.25, 0.3) is 0 Å². The van der Waals surface area contributed by atoms with E-state index in [9.17, 15) is 9.18 Å². The molecule has 0 saturated heterocycles. The van der Waals surface area contributed by atoms with Crippen LogP contribution < -0.4 is 10.1 Å². The van der Waals surface area contributed by atoms with Crippen molar-refractivity contribution in [3.8, 4) is 5.75 Å². The first-order valence-corrected chi connectivity index (χ1v) is 6.30. The van der Waals surface area contributed by atoms with E-state index >= 15 is 0 Å². The van der Waals surface area contributed by atoms with Gasteiger partial charge in [-0.15, -0.1) is 0 Å². The Labute approximate surface area is 107 Å². The molecule has 1 amide bonds. The molecular formula is C14H20FNO2. The normalized spacial score (nSPS) is 10.4. The van der Waals surface area contributed by atoms with E-state index in [1.165, 1.54) is 12.1 Å². The van der Waals surface area contributed by atoms with Gasteiger partial charge >= 0.3 is 0 Å². The maximum Gasteiger partial charge on any atom is 0.257 e. The Morgan fingerprint density at radius 2 is 2.11 bits per heavy atom. The highest BCUT2D eigenvalue weighted by atomic mass is 19.1. The largest absolute Gasteiger partial charge is 0.484 e. The summed E-state index contributed by atoms with van der Waals surface area (Å²) in [6.45, 7) is 4.79. The molecule has 0 radical (unpaired) electrons. The molecule has 0 aliphatic heterocycles. The van der Waals surface area contributed by atoms with Crippen LogP contribution in [0.3, 0.4) is 0 Å². The van der Waals surface area contributed by atoms with E-state index in [1.807, 2.05) is 0 Å². The fraction of sp³-hybridized carbons (Fsp3) is 0.500. The lowest BCUT2D eigenvalue weighted by molar-refractivity contribution is -0.123. The number of hydrogen-bond donors (Lipinski definition) is 1. The fourth-order valence-electron chi connectivity index (χ4n) is 1.59. The van der Waals surface area contributed by atoms with Crippen LogP contribution in [0.4, 0.5) is 4.39 Å². The van der Waals surface area contributed by atoms with Gasteiger partial charge in [0.1, 0.15) is 11.6 Å². The van der Waals surface area contributed by atoms with Crippen molar-refractivity contribution in [1.29, 1.82) is 0 Å². The minimum atomic E-state index is -0.370. The monoisotopic (exact) mass is 253 g/mol. The van der Waals surface area contributed by atoms with Gasteiger partial charge in [-0.3, -0.25) is 4.79 Å². The van der Waals surface area contributed by atoms with Crippen molar-refractivity contribution in [3.63, 3.8) is 0 Å². The molecule has 0 aromatic heterocycles. The van der Waals surface area contributed by atoms with Crippen LogP contribution in [0, 0.1) is 11.7 Å². The molecule has 0 unspecified atom stereocenters. The van der Waals surface area contributed by atoms with E-state index in [0.29, 0.717) is 18.2 Å². The zero-order valence-corrected chi connectivity index (χ0v) is 10.9. The first kappa shape index (κ1) is 14.5. The third-order valence-corrected chi connectivity index (χ3v) is 2.91. The maximum absolute atomic E-state index is 12.9. The number of carbonyl (C=O) groups excluding carboxylic acids is 1. The van der Waals surface area contributed by atoms with Crippen LogP contribution in [0.15, 0.2) is 24.3 Å². The first-order valence-electron chi connectivity index (χ1n) is 6.30. The van der Waals surface area contributed by atoms with Crippen molar-refractivity contribution in [3.05, 3.63) is 30.1 Å². The summed E-state index contributed by atoms with van der Waals surface area (Å²) in [5.74, 6) is 0.326. The molecule has 1 rings (SSSR count). The Hall–Kier alpha value is -1.58. The molecule has 0 aliphatic rings.